The van der Waals surface area contributed by atoms with E-state index in [9.17, 15) is 4.79 Å². The van der Waals surface area contributed by atoms with Gasteiger partial charge in [0.15, 0.2) is 0 Å². The van der Waals surface area contributed by atoms with Gasteiger partial charge in [0.2, 0.25) is 5.91 Å². The van der Waals surface area contributed by atoms with E-state index in [4.69, 9.17) is 5.73 Å². The van der Waals surface area contributed by atoms with Crippen LogP contribution in [0.2, 0.25) is 0 Å². The average Bonchev–Trinajstić information content (AvgIpc) is 2.80. The lowest BCUT2D eigenvalue weighted by Crippen LogP contribution is -2.20. The lowest BCUT2D eigenvalue weighted by atomic mass is 10.0. The summed E-state index contributed by atoms with van der Waals surface area (Å²) in [6.45, 7) is 6.58. The van der Waals surface area contributed by atoms with Crippen LogP contribution in [-0.4, -0.2) is 20.9 Å². The molecule has 0 radical (unpaired) electrons. The first-order valence-electron chi connectivity index (χ1n) is 7.00. The zero-order chi connectivity index (χ0) is 15.4. The van der Waals surface area contributed by atoms with E-state index in [1.165, 1.54) is 5.56 Å². The minimum atomic E-state index is -0.135. The van der Waals surface area contributed by atoms with Crippen molar-refractivity contribution in [1.82, 2.24) is 15.0 Å². The molecule has 2 rings (SSSR count). The highest BCUT2D eigenvalue weighted by molar-refractivity contribution is 5.90. The number of carbonyl (C=O) groups is 1. The number of nitrogens with one attached hydrogen (secondary N) is 1. The normalized spacial score (nSPS) is 10.9. The summed E-state index contributed by atoms with van der Waals surface area (Å²) >= 11 is 0. The van der Waals surface area contributed by atoms with E-state index in [-0.39, 0.29) is 12.5 Å². The molecule has 0 unspecified atom stereocenters. The van der Waals surface area contributed by atoms with Crippen LogP contribution in [0.15, 0.2) is 24.3 Å². The molecule has 0 bridgehead atoms. The van der Waals surface area contributed by atoms with E-state index in [0.29, 0.717) is 18.2 Å². The smallest absolute Gasteiger partial charge is 0.246 e. The number of nitrogens with zero attached hydrogens (tertiary/aromatic N) is 3. The maximum absolute atomic E-state index is 12.0. The van der Waals surface area contributed by atoms with Gasteiger partial charge in [-0.1, -0.05) is 31.2 Å². The molecular formula is C15H21N5O. The quantitative estimate of drug-likeness (QED) is 0.878. The zero-order valence-corrected chi connectivity index (χ0v) is 12.6. The molecule has 6 nitrogen and oxygen atoms in total. The number of amides is 1. The summed E-state index contributed by atoms with van der Waals surface area (Å²) in [6.07, 6.45) is 0. The second-order valence-corrected chi connectivity index (χ2v) is 5.31. The number of nitrogens with two attached hydrogens (primary N) is 1. The Labute approximate surface area is 124 Å². The molecule has 1 heterocycles. The molecule has 0 saturated carbocycles. The summed E-state index contributed by atoms with van der Waals surface area (Å²) in [5.74, 6) is 0.339. The molecule has 0 atom stereocenters. The maximum Gasteiger partial charge on any atom is 0.246 e. The molecule has 0 spiro atoms. The Bertz CT molecular complexity index is 615. The van der Waals surface area contributed by atoms with Crippen molar-refractivity contribution in [3.05, 3.63) is 41.2 Å². The van der Waals surface area contributed by atoms with Gasteiger partial charge in [-0.3, -0.25) is 4.79 Å². The number of anilines is 1. The number of hydrogen-bond acceptors (Lipinski definition) is 4. The molecule has 0 fully saturated rings. The summed E-state index contributed by atoms with van der Waals surface area (Å²) in [7, 11) is 0. The van der Waals surface area contributed by atoms with E-state index < -0.39 is 0 Å². The van der Waals surface area contributed by atoms with Crippen LogP contribution in [0.5, 0.6) is 0 Å². The molecule has 112 valence electrons. The summed E-state index contributed by atoms with van der Waals surface area (Å²) in [6, 6.07) is 7.86. The fourth-order valence-corrected chi connectivity index (χ4v) is 2.02. The van der Waals surface area contributed by atoms with E-state index in [1.54, 1.807) is 4.68 Å². The molecule has 1 aromatic heterocycles. The SMILES string of the molecule is Cc1c(CN)nnn1CC(=O)Nc1ccc(C(C)C)cc1. The minimum Gasteiger partial charge on any atom is -0.325 e. The van der Waals surface area contributed by atoms with Crippen LogP contribution in [-0.2, 0) is 17.9 Å². The molecule has 1 aromatic carbocycles. The number of carbonyl (C=O) groups excluding carboxylic acids is 1. The Hall–Kier alpha value is -2.21. The number of rotatable bonds is 5. The highest BCUT2D eigenvalue weighted by Crippen LogP contribution is 2.17. The topological polar surface area (TPSA) is 85.8 Å². The van der Waals surface area contributed by atoms with Gasteiger partial charge in [-0.25, -0.2) is 4.68 Å². The number of hydrogen-bond donors (Lipinski definition) is 2. The first kappa shape index (κ1) is 15.2. The van der Waals surface area contributed by atoms with Crippen molar-refractivity contribution in [1.29, 1.82) is 0 Å². The fraction of sp³-hybridized carbons (Fsp3) is 0.400. The van der Waals surface area contributed by atoms with Crippen molar-refractivity contribution < 1.29 is 4.79 Å². The molecule has 0 aliphatic rings. The van der Waals surface area contributed by atoms with Crippen LogP contribution in [0.25, 0.3) is 0 Å². The summed E-state index contributed by atoms with van der Waals surface area (Å²) in [4.78, 5) is 12.0. The highest BCUT2D eigenvalue weighted by Gasteiger charge is 2.10. The van der Waals surface area contributed by atoms with Crippen LogP contribution in [0.3, 0.4) is 0 Å². The zero-order valence-electron chi connectivity index (χ0n) is 12.6. The molecular weight excluding hydrogens is 266 g/mol. The van der Waals surface area contributed by atoms with Crippen molar-refractivity contribution in [2.75, 3.05) is 5.32 Å². The van der Waals surface area contributed by atoms with Gasteiger partial charge in [-0.15, -0.1) is 5.10 Å². The average molecular weight is 287 g/mol. The van der Waals surface area contributed by atoms with Gasteiger partial charge in [0, 0.05) is 12.2 Å². The first-order valence-corrected chi connectivity index (χ1v) is 7.00. The Morgan fingerprint density at radius 2 is 2.00 bits per heavy atom. The third-order valence-electron chi connectivity index (χ3n) is 3.43. The van der Waals surface area contributed by atoms with E-state index in [0.717, 1.165) is 11.4 Å². The Kier molecular flexibility index (Phi) is 4.70. The molecule has 0 saturated heterocycles. The van der Waals surface area contributed by atoms with Gasteiger partial charge >= 0.3 is 0 Å². The molecule has 0 aliphatic carbocycles. The fourth-order valence-electron chi connectivity index (χ4n) is 2.02. The monoisotopic (exact) mass is 287 g/mol. The van der Waals surface area contributed by atoms with Crippen molar-refractivity contribution in [3.63, 3.8) is 0 Å². The Morgan fingerprint density at radius 1 is 1.33 bits per heavy atom. The molecule has 6 heteroatoms. The van der Waals surface area contributed by atoms with Gasteiger partial charge in [-0.2, -0.15) is 0 Å². The van der Waals surface area contributed by atoms with Crippen LogP contribution >= 0.6 is 0 Å². The predicted molar refractivity (Wildman–Crippen MR) is 81.8 cm³/mol. The van der Waals surface area contributed by atoms with Crippen LogP contribution < -0.4 is 11.1 Å². The van der Waals surface area contributed by atoms with Crippen molar-refractivity contribution >= 4 is 11.6 Å². The minimum absolute atomic E-state index is 0.130. The van der Waals surface area contributed by atoms with Gasteiger partial charge < -0.3 is 11.1 Å². The summed E-state index contributed by atoms with van der Waals surface area (Å²) in [5.41, 5.74) is 9.10. The molecule has 0 aliphatic heterocycles. The summed E-state index contributed by atoms with van der Waals surface area (Å²) < 4.78 is 1.56. The van der Waals surface area contributed by atoms with Crippen molar-refractivity contribution in [2.45, 2.75) is 39.8 Å². The predicted octanol–water partition coefficient (Wildman–Crippen LogP) is 1.81. The summed E-state index contributed by atoms with van der Waals surface area (Å²) in [5, 5.41) is 10.7. The van der Waals surface area contributed by atoms with Crippen molar-refractivity contribution in [3.8, 4) is 0 Å². The van der Waals surface area contributed by atoms with Crippen LogP contribution in [0.4, 0.5) is 5.69 Å². The van der Waals surface area contributed by atoms with Gasteiger partial charge in [0.05, 0.1) is 11.4 Å². The molecule has 1 amide bonds. The standard InChI is InChI=1S/C15H21N5O/c1-10(2)12-4-6-13(7-5-12)17-15(21)9-20-11(3)14(8-16)18-19-20/h4-7,10H,8-9,16H2,1-3H3,(H,17,21). The number of aromatic nitrogens is 3. The van der Waals surface area contributed by atoms with Crippen molar-refractivity contribution in [2.24, 2.45) is 5.73 Å². The lowest BCUT2D eigenvalue weighted by molar-refractivity contribution is -0.117. The van der Waals surface area contributed by atoms with E-state index in [1.807, 2.05) is 31.2 Å². The highest BCUT2D eigenvalue weighted by atomic mass is 16.2. The third kappa shape index (κ3) is 3.66. The molecule has 3 N–H and O–H groups in total. The van der Waals surface area contributed by atoms with E-state index in [2.05, 4.69) is 29.5 Å². The van der Waals surface area contributed by atoms with Crippen LogP contribution in [0, 0.1) is 6.92 Å². The second-order valence-electron chi connectivity index (χ2n) is 5.31. The Morgan fingerprint density at radius 3 is 2.52 bits per heavy atom. The molecule has 21 heavy (non-hydrogen) atoms. The van der Waals surface area contributed by atoms with E-state index >= 15 is 0 Å². The van der Waals surface area contributed by atoms with Gasteiger partial charge in [0.25, 0.3) is 0 Å². The van der Waals surface area contributed by atoms with Gasteiger partial charge in [0.1, 0.15) is 6.54 Å². The largest absolute Gasteiger partial charge is 0.325 e. The van der Waals surface area contributed by atoms with Crippen LogP contribution in [0.1, 0.15) is 36.7 Å². The third-order valence-corrected chi connectivity index (χ3v) is 3.43. The first-order chi connectivity index (χ1) is 10.0. The van der Waals surface area contributed by atoms with Gasteiger partial charge in [-0.05, 0) is 30.5 Å². The molecule has 2 aromatic rings. The number of benzene rings is 1. The second kappa shape index (κ2) is 6.49. The lowest BCUT2D eigenvalue weighted by Gasteiger charge is -2.09. The Balaban J connectivity index is 1.99. The maximum atomic E-state index is 12.0.